The van der Waals surface area contributed by atoms with Crippen LogP contribution in [0.25, 0.3) is 6.08 Å². The van der Waals surface area contributed by atoms with Gasteiger partial charge in [-0.1, -0.05) is 49.3 Å². The molecule has 140 valence electrons. The Morgan fingerprint density at radius 2 is 1.89 bits per heavy atom. The Kier molecular flexibility index (Phi) is 5.45. The van der Waals surface area contributed by atoms with E-state index in [1.54, 1.807) is 30.3 Å². The molecule has 1 aliphatic rings. The Morgan fingerprint density at radius 3 is 2.52 bits per heavy atom. The number of aromatic carboxylic acids is 1. The van der Waals surface area contributed by atoms with E-state index in [9.17, 15) is 10.0 Å². The number of oxime groups is 1. The first-order valence-electron chi connectivity index (χ1n) is 9.34. The number of nitrogens with zero attached hydrogens (tertiary/aromatic N) is 1. The van der Waals surface area contributed by atoms with Crippen LogP contribution in [0, 0.1) is 0 Å². The molecule has 2 N–H and O–H groups in total. The molecule has 0 saturated heterocycles. The highest BCUT2D eigenvalue weighted by Gasteiger charge is 2.30. The number of hydrogen-bond acceptors (Lipinski definition) is 3. The van der Waals surface area contributed by atoms with Gasteiger partial charge in [-0.15, -0.1) is 0 Å². The Morgan fingerprint density at radius 1 is 1.19 bits per heavy atom. The van der Waals surface area contributed by atoms with Crippen LogP contribution in [0.5, 0.6) is 0 Å². The van der Waals surface area contributed by atoms with E-state index in [4.69, 9.17) is 5.11 Å². The summed E-state index contributed by atoms with van der Waals surface area (Å²) in [7, 11) is 0. The largest absolute Gasteiger partial charge is 0.478 e. The van der Waals surface area contributed by atoms with Crippen LogP contribution in [-0.2, 0) is 11.8 Å². The van der Waals surface area contributed by atoms with E-state index in [1.165, 1.54) is 24.0 Å². The van der Waals surface area contributed by atoms with Crippen molar-refractivity contribution in [3.05, 3.63) is 76.4 Å². The summed E-state index contributed by atoms with van der Waals surface area (Å²) in [5, 5.41) is 21.9. The average molecular weight is 363 g/mol. The van der Waals surface area contributed by atoms with E-state index in [-0.39, 0.29) is 11.0 Å². The summed E-state index contributed by atoms with van der Waals surface area (Å²) < 4.78 is 0. The predicted molar refractivity (Wildman–Crippen MR) is 108 cm³/mol. The molecular formula is C23H25NO3. The first-order chi connectivity index (χ1) is 13.0. The summed E-state index contributed by atoms with van der Waals surface area (Å²) in [6, 6.07) is 12.9. The van der Waals surface area contributed by atoms with Crippen molar-refractivity contribution >= 4 is 17.8 Å². The lowest BCUT2D eigenvalue weighted by Crippen LogP contribution is -2.26. The number of hydrogen-bond donors (Lipinski definition) is 2. The van der Waals surface area contributed by atoms with Crippen LogP contribution in [0.15, 0.2) is 53.7 Å². The number of benzene rings is 2. The van der Waals surface area contributed by atoms with Crippen LogP contribution in [0.3, 0.4) is 0 Å². The molecule has 0 radical (unpaired) electrons. The van der Waals surface area contributed by atoms with Crippen LogP contribution in [0.2, 0.25) is 0 Å². The van der Waals surface area contributed by atoms with Crippen molar-refractivity contribution in [3.63, 3.8) is 0 Å². The summed E-state index contributed by atoms with van der Waals surface area (Å²) >= 11 is 0. The monoisotopic (exact) mass is 363 g/mol. The number of rotatable bonds is 5. The van der Waals surface area contributed by atoms with Crippen molar-refractivity contribution in [2.45, 2.75) is 44.9 Å². The molecule has 2 aromatic rings. The summed E-state index contributed by atoms with van der Waals surface area (Å²) in [4.78, 5) is 10.9. The molecule has 0 fully saturated rings. The molecule has 3 rings (SSSR count). The summed E-state index contributed by atoms with van der Waals surface area (Å²) in [6.07, 6.45) is 8.13. The maximum absolute atomic E-state index is 10.9. The molecule has 0 saturated carbocycles. The lowest BCUT2D eigenvalue weighted by atomic mass is 9.69. The molecule has 2 aromatic carbocycles. The molecule has 0 amide bonds. The number of fused-ring (bicyclic) bond motifs is 1. The fraction of sp³-hybridized carbons (Fsp3) is 0.304. The topological polar surface area (TPSA) is 69.9 Å². The van der Waals surface area contributed by atoms with Gasteiger partial charge < -0.3 is 10.3 Å². The average Bonchev–Trinajstić information content (AvgIpc) is 2.69. The summed E-state index contributed by atoms with van der Waals surface area (Å²) in [6.45, 7) is 4.56. The molecular weight excluding hydrogens is 338 g/mol. The molecule has 4 nitrogen and oxygen atoms in total. The zero-order valence-corrected chi connectivity index (χ0v) is 15.8. The minimum atomic E-state index is -0.948. The highest BCUT2D eigenvalue weighted by molar-refractivity contribution is 6.10. The maximum Gasteiger partial charge on any atom is 0.335 e. The third kappa shape index (κ3) is 3.95. The van der Waals surface area contributed by atoms with E-state index in [0.29, 0.717) is 5.71 Å². The molecule has 1 unspecified atom stereocenters. The fourth-order valence-electron chi connectivity index (χ4n) is 3.82. The zero-order chi connectivity index (χ0) is 19.4. The van der Waals surface area contributed by atoms with Gasteiger partial charge in [-0.25, -0.2) is 4.79 Å². The molecule has 0 aliphatic heterocycles. The number of carbonyl (C=O) groups is 1. The van der Waals surface area contributed by atoms with Crippen molar-refractivity contribution in [1.82, 2.24) is 0 Å². The van der Waals surface area contributed by atoms with E-state index in [0.717, 1.165) is 24.0 Å². The highest BCUT2D eigenvalue weighted by Crippen LogP contribution is 2.39. The molecule has 1 aliphatic carbocycles. The van der Waals surface area contributed by atoms with Gasteiger partial charge in [0.15, 0.2) is 0 Å². The molecule has 0 bridgehead atoms. The van der Waals surface area contributed by atoms with Crippen LogP contribution in [0.1, 0.15) is 65.7 Å². The molecule has 0 spiro atoms. The number of carboxylic acid groups (broad SMARTS) is 1. The normalized spacial score (nSPS) is 19.9. The van der Waals surface area contributed by atoms with Crippen LogP contribution in [0.4, 0.5) is 0 Å². The lowest BCUT2D eigenvalue weighted by Gasteiger charge is -2.35. The van der Waals surface area contributed by atoms with Gasteiger partial charge in [0, 0.05) is 5.56 Å². The quantitative estimate of drug-likeness (QED) is 0.431. The number of carboxylic acids is 1. The van der Waals surface area contributed by atoms with Gasteiger partial charge in [-0.05, 0) is 72.1 Å². The Labute approximate surface area is 159 Å². The molecule has 0 aromatic heterocycles. The number of allylic oxidation sites excluding steroid dienone is 1. The second kappa shape index (κ2) is 7.78. The van der Waals surface area contributed by atoms with Crippen molar-refractivity contribution in [2.24, 2.45) is 5.16 Å². The molecule has 27 heavy (non-hydrogen) atoms. The first-order valence-corrected chi connectivity index (χ1v) is 9.34. The van der Waals surface area contributed by atoms with Crippen molar-refractivity contribution in [2.75, 3.05) is 0 Å². The van der Waals surface area contributed by atoms with E-state index >= 15 is 0 Å². The van der Waals surface area contributed by atoms with Gasteiger partial charge in [0.05, 0.1) is 5.56 Å². The van der Waals surface area contributed by atoms with E-state index in [2.05, 4.69) is 31.1 Å². The first kappa shape index (κ1) is 18.9. The molecule has 4 heteroatoms. The van der Waals surface area contributed by atoms with Crippen LogP contribution >= 0.6 is 0 Å². The van der Waals surface area contributed by atoms with Crippen molar-refractivity contribution in [3.8, 4) is 0 Å². The fourth-order valence-corrected chi connectivity index (χ4v) is 3.82. The zero-order valence-electron chi connectivity index (χ0n) is 15.8. The highest BCUT2D eigenvalue weighted by atomic mass is 16.4. The summed E-state index contributed by atoms with van der Waals surface area (Å²) in [5.74, 6) is -0.948. The minimum absolute atomic E-state index is 0.227. The Bertz CT molecular complexity index is 896. The lowest BCUT2D eigenvalue weighted by molar-refractivity contribution is 0.0697. The number of aryl methyl sites for hydroxylation is 1. The van der Waals surface area contributed by atoms with Gasteiger partial charge >= 0.3 is 5.97 Å². The second-order valence-corrected chi connectivity index (χ2v) is 7.39. The minimum Gasteiger partial charge on any atom is -0.478 e. The van der Waals surface area contributed by atoms with Crippen LogP contribution < -0.4 is 0 Å². The van der Waals surface area contributed by atoms with E-state index < -0.39 is 5.97 Å². The van der Waals surface area contributed by atoms with Gasteiger partial charge in [-0.2, -0.15) is 0 Å². The molecule has 1 atom stereocenters. The van der Waals surface area contributed by atoms with Gasteiger partial charge in [0.25, 0.3) is 0 Å². The Hall–Kier alpha value is -2.88. The van der Waals surface area contributed by atoms with Crippen molar-refractivity contribution in [1.29, 1.82) is 0 Å². The Balaban J connectivity index is 1.85. The SMILES string of the molecule is CCC1(C)CCCc2cc(C(/C=C/c3ccc(C(=O)O)cc3)=N\O)ccc21. The summed E-state index contributed by atoms with van der Waals surface area (Å²) in [5.41, 5.74) is 5.44. The standard InChI is InChI=1S/C23H25NO3/c1-3-23(2)14-4-5-18-15-19(11-12-20(18)23)21(24-27)13-8-16-6-9-17(10-7-16)22(25)26/h6-13,15,27H,3-5,14H2,1-2H3,(H,25,26)/b13-8+,24-21-. The predicted octanol–water partition coefficient (Wildman–Crippen LogP) is 5.28. The maximum atomic E-state index is 10.9. The van der Waals surface area contributed by atoms with E-state index in [1.807, 2.05) is 12.1 Å². The van der Waals surface area contributed by atoms with Crippen molar-refractivity contribution < 1.29 is 15.1 Å². The third-order valence-electron chi connectivity index (χ3n) is 5.71. The van der Waals surface area contributed by atoms with Gasteiger partial charge in [0.2, 0.25) is 0 Å². The molecule has 0 heterocycles. The third-order valence-corrected chi connectivity index (χ3v) is 5.71. The van der Waals surface area contributed by atoms with Crippen LogP contribution in [-0.4, -0.2) is 22.0 Å². The van der Waals surface area contributed by atoms with Gasteiger partial charge in [-0.3, -0.25) is 0 Å². The van der Waals surface area contributed by atoms with Gasteiger partial charge in [0.1, 0.15) is 5.71 Å². The second-order valence-electron chi connectivity index (χ2n) is 7.39. The smallest absolute Gasteiger partial charge is 0.335 e.